The number of para-hydroxylation sites is 1. The molecule has 3 aromatic rings. The van der Waals surface area contributed by atoms with E-state index in [1.54, 1.807) is 16.7 Å². The van der Waals surface area contributed by atoms with Crippen molar-refractivity contribution in [3.05, 3.63) is 63.3 Å². The smallest absolute Gasteiger partial charge is 0.244 e. The minimum absolute atomic E-state index is 0.0319. The quantitative estimate of drug-likeness (QED) is 0.393. The van der Waals surface area contributed by atoms with E-state index in [1.165, 1.54) is 12.1 Å². The molecule has 8 nitrogen and oxygen atoms in total. The second kappa shape index (κ2) is 12.0. The van der Waals surface area contributed by atoms with Crippen LogP contribution in [0.15, 0.2) is 41.3 Å². The summed E-state index contributed by atoms with van der Waals surface area (Å²) in [7, 11) is -4.18. The minimum Gasteiger partial charge on any atom is -0.487 e. The highest BCUT2D eigenvalue weighted by Crippen LogP contribution is 2.36. The van der Waals surface area contributed by atoms with Crippen molar-refractivity contribution in [3.8, 4) is 5.75 Å². The Morgan fingerprint density at radius 3 is 2.60 bits per heavy atom. The highest BCUT2D eigenvalue weighted by atomic mass is 35.5. The molecule has 0 unspecified atom stereocenters. The van der Waals surface area contributed by atoms with Gasteiger partial charge < -0.3 is 15.0 Å². The number of carbonyl (C=O) groups is 1. The summed E-state index contributed by atoms with van der Waals surface area (Å²) in [6.07, 6.45) is 0.821. The topological polar surface area (TPSA) is 101 Å². The van der Waals surface area contributed by atoms with Gasteiger partial charge in [0, 0.05) is 47.8 Å². The Labute approximate surface area is 249 Å². The Kier molecular flexibility index (Phi) is 8.85. The molecule has 12 heteroatoms. The lowest BCUT2D eigenvalue weighted by Gasteiger charge is -2.41. The van der Waals surface area contributed by atoms with E-state index in [0.29, 0.717) is 67.4 Å². The molecule has 2 aliphatic heterocycles. The van der Waals surface area contributed by atoms with Crippen LogP contribution in [0.25, 0.3) is 10.9 Å². The predicted octanol–water partition coefficient (Wildman–Crippen LogP) is 4.71. The van der Waals surface area contributed by atoms with Crippen molar-refractivity contribution < 1.29 is 17.9 Å². The van der Waals surface area contributed by atoms with Gasteiger partial charge in [0.15, 0.2) is 0 Å². The number of benzene rings is 2. The standard InChI is InChI=1S/C28H32Cl2N4O4S2/c1-18-16-19(2)32-26-20(18)4-3-5-23(26)38-17-21-22(29)6-7-24(25(21)30)40(36,37)33-28(8-14-39-15-9-28)27(35)34-12-10-31-11-13-34/h3-7,16,31,33H,8-15,17H2,1-2H3. The lowest BCUT2D eigenvalue weighted by Crippen LogP contribution is -2.63. The van der Waals surface area contributed by atoms with Crippen LogP contribution in [0, 0.1) is 13.8 Å². The molecule has 0 spiro atoms. The number of carbonyl (C=O) groups excluding carboxylic acids is 1. The summed E-state index contributed by atoms with van der Waals surface area (Å²) in [6, 6.07) is 10.6. The number of amides is 1. The summed E-state index contributed by atoms with van der Waals surface area (Å²) in [6.45, 7) is 6.32. The first kappa shape index (κ1) is 29.4. The number of pyridine rings is 1. The molecule has 0 atom stereocenters. The van der Waals surface area contributed by atoms with Gasteiger partial charge in [-0.05, 0) is 68.0 Å². The van der Waals surface area contributed by atoms with Gasteiger partial charge in [0.1, 0.15) is 28.3 Å². The van der Waals surface area contributed by atoms with E-state index in [2.05, 4.69) is 15.0 Å². The van der Waals surface area contributed by atoms with E-state index < -0.39 is 15.6 Å². The third-order valence-corrected chi connectivity index (χ3v) is 10.9. The molecule has 1 aromatic heterocycles. The second-order valence-corrected chi connectivity index (χ2v) is 13.9. The van der Waals surface area contributed by atoms with Crippen LogP contribution in [0.1, 0.15) is 29.7 Å². The fourth-order valence-corrected chi connectivity index (χ4v) is 8.80. The van der Waals surface area contributed by atoms with Gasteiger partial charge in [-0.3, -0.25) is 4.79 Å². The van der Waals surface area contributed by atoms with Crippen LogP contribution < -0.4 is 14.8 Å². The SMILES string of the molecule is Cc1cc(C)c2cccc(OCc3c(Cl)ccc(S(=O)(=O)NC4(C(=O)N5CCNCC5)CCSCC4)c3Cl)c2n1. The number of hydrogen-bond donors (Lipinski definition) is 2. The summed E-state index contributed by atoms with van der Waals surface area (Å²) in [4.78, 5) is 19.9. The van der Waals surface area contributed by atoms with Crippen molar-refractivity contribution in [3.63, 3.8) is 0 Å². The summed E-state index contributed by atoms with van der Waals surface area (Å²) in [5.74, 6) is 1.74. The molecule has 2 N–H and O–H groups in total. The molecule has 2 saturated heterocycles. The number of sulfonamides is 1. The van der Waals surface area contributed by atoms with Crippen LogP contribution >= 0.6 is 35.0 Å². The third kappa shape index (κ3) is 5.93. The Bertz CT molecular complexity index is 1540. The second-order valence-electron chi connectivity index (χ2n) is 10.2. The van der Waals surface area contributed by atoms with Gasteiger partial charge in [-0.1, -0.05) is 35.3 Å². The molecule has 5 rings (SSSR count). The number of piperazine rings is 1. The Balaban J connectivity index is 1.44. The average molecular weight is 624 g/mol. The molecular formula is C28H32Cl2N4O4S2. The molecule has 0 aliphatic carbocycles. The van der Waals surface area contributed by atoms with Gasteiger partial charge >= 0.3 is 0 Å². The maximum atomic E-state index is 13.8. The maximum absolute atomic E-state index is 13.8. The number of aromatic nitrogens is 1. The number of aryl methyl sites for hydroxylation is 2. The molecule has 3 heterocycles. The number of fused-ring (bicyclic) bond motifs is 1. The van der Waals surface area contributed by atoms with E-state index in [4.69, 9.17) is 27.9 Å². The molecule has 2 fully saturated rings. The Morgan fingerprint density at radius 2 is 1.88 bits per heavy atom. The molecule has 1 amide bonds. The van der Waals surface area contributed by atoms with Crippen molar-refractivity contribution in [2.75, 3.05) is 37.7 Å². The van der Waals surface area contributed by atoms with Crippen LogP contribution in [-0.2, 0) is 21.4 Å². The highest BCUT2D eigenvalue weighted by molar-refractivity contribution is 7.99. The number of nitrogens with zero attached hydrogens (tertiary/aromatic N) is 2. The average Bonchev–Trinajstić information content (AvgIpc) is 2.93. The zero-order chi connectivity index (χ0) is 28.5. The maximum Gasteiger partial charge on any atom is 0.244 e. The van der Waals surface area contributed by atoms with Crippen molar-refractivity contribution in [1.82, 2.24) is 19.9 Å². The number of nitrogens with one attached hydrogen (secondary N) is 2. The third-order valence-electron chi connectivity index (χ3n) is 7.44. The molecule has 2 aromatic carbocycles. The van der Waals surface area contributed by atoms with Crippen molar-refractivity contribution in [2.24, 2.45) is 0 Å². The van der Waals surface area contributed by atoms with Gasteiger partial charge in [0.05, 0.1) is 5.02 Å². The summed E-state index contributed by atoms with van der Waals surface area (Å²) < 4.78 is 36.5. The number of thioether (sulfide) groups is 1. The number of halogens is 2. The zero-order valence-electron chi connectivity index (χ0n) is 22.4. The van der Waals surface area contributed by atoms with Crippen LogP contribution in [0.2, 0.25) is 10.0 Å². The first-order valence-electron chi connectivity index (χ1n) is 13.2. The molecule has 0 radical (unpaired) electrons. The van der Waals surface area contributed by atoms with Crippen molar-refractivity contribution in [2.45, 2.75) is 43.7 Å². The van der Waals surface area contributed by atoms with E-state index in [-0.39, 0.29) is 27.5 Å². The highest BCUT2D eigenvalue weighted by Gasteiger charge is 2.46. The first-order valence-corrected chi connectivity index (χ1v) is 16.6. The number of hydrogen-bond acceptors (Lipinski definition) is 7. The van der Waals surface area contributed by atoms with E-state index >= 15 is 0 Å². The van der Waals surface area contributed by atoms with Crippen molar-refractivity contribution in [1.29, 1.82) is 0 Å². The molecular weight excluding hydrogens is 591 g/mol. The summed E-state index contributed by atoms with van der Waals surface area (Å²) in [5, 5.41) is 4.45. The Hall–Kier alpha value is -2.08. The lowest BCUT2D eigenvalue weighted by molar-refractivity contribution is -0.138. The fraction of sp³-hybridized carbons (Fsp3) is 0.429. The molecule has 0 saturated carbocycles. The van der Waals surface area contributed by atoms with Crippen LogP contribution in [0.3, 0.4) is 0 Å². The summed E-state index contributed by atoms with van der Waals surface area (Å²) >= 11 is 14.9. The first-order chi connectivity index (χ1) is 19.1. The minimum atomic E-state index is -4.18. The molecule has 40 heavy (non-hydrogen) atoms. The Morgan fingerprint density at radius 1 is 1.15 bits per heavy atom. The fourth-order valence-electron chi connectivity index (χ4n) is 5.30. The van der Waals surface area contributed by atoms with E-state index in [9.17, 15) is 13.2 Å². The van der Waals surface area contributed by atoms with Crippen molar-refractivity contribution >= 4 is 61.8 Å². The van der Waals surface area contributed by atoms with Crippen LogP contribution in [0.5, 0.6) is 5.75 Å². The van der Waals surface area contributed by atoms with Crippen LogP contribution in [0.4, 0.5) is 0 Å². The lowest BCUT2D eigenvalue weighted by atomic mass is 9.91. The van der Waals surface area contributed by atoms with Gasteiger partial charge in [-0.25, -0.2) is 13.4 Å². The largest absolute Gasteiger partial charge is 0.487 e. The molecule has 2 aliphatic rings. The molecule has 0 bridgehead atoms. The normalized spacial score (nSPS) is 17.6. The van der Waals surface area contributed by atoms with Gasteiger partial charge in [0.2, 0.25) is 15.9 Å². The predicted molar refractivity (Wildman–Crippen MR) is 161 cm³/mol. The molecule has 214 valence electrons. The van der Waals surface area contributed by atoms with Crippen LogP contribution in [-0.4, -0.2) is 67.4 Å². The summed E-state index contributed by atoms with van der Waals surface area (Å²) in [5.41, 5.74) is 1.77. The number of rotatable bonds is 7. The number of ether oxygens (including phenoxy) is 1. The van der Waals surface area contributed by atoms with E-state index in [1.807, 2.05) is 38.1 Å². The monoisotopic (exact) mass is 622 g/mol. The van der Waals surface area contributed by atoms with E-state index in [0.717, 1.165) is 16.6 Å². The van der Waals surface area contributed by atoms with Gasteiger partial charge in [0.25, 0.3) is 0 Å². The van der Waals surface area contributed by atoms with Gasteiger partial charge in [-0.2, -0.15) is 16.5 Å². The zero-order valence-corrected chi connectivity index (χ0v) is 25.6. The van der Waals surface area contributed by atoms with Gasteiger partial charge in [-0.15, -0.1) is 0 Å².